The zero-order valence-electron chi connectivity index (χ0n) is 15.1. The van der Waals surface area contributed by atoms with E-state index in [4.69, 9.17) is 14.2 Å². The smallest absolute Gasteiger partial charge is 0.338 e. The van der Waals surface area contributed by atoms with Gasteiger partial charge in [-0.15, -0.1) is 0 Å². The van der Waals surface area contributed by atoms with Crippen molar-refractivity contribution in [2.75, 3.05) is 6.61 Å². The Morgan fingerprint density at radius 2 is 1.44 bits per heavy atom. The van der Waals surface area contributed by atoms with Crippen LogP contribution in [0.2, 0.25) is 0 Å². The second-order valence-corrected chi connectivity index (χ2v) is 6.82. The topological polar surface area (TPSA) is 78.9 Å². The standard InChI is InChI=1S/C21H20O6/c1-21(2)17(27-19(23)15-11-7-4-8-12-15)16(26-20(21)24)13-25-18(22)14-9-5-3-6-10-14/h3-12,16-17H,13H2,1-2H3/t16-,17-/m1/s1. The lowest BCUT2D eigenvalue weighted by Gasteiger charge is -2.25. The molecule has 1 aliphatic heterocycles. The van der Waals surface area contributed by atoms with Crippen LogP contribution in [0.25, 0.3) is 0 Å². The van der Waals surface area contributed by atoms with Crippen LogP contribution in [0.15, 0.2) is 60.7 Å². The van der Waals surface area contributed by atoms with Crippen molar-refractivity contribution >= 4 is 17.9 Å². The Morgan fingerprint density at radius 1 is 0.926 bits per heavy atom. The van der Waals surface area contributed by atoms with Gasteiger partial charge in [0.05, 0.1) is 11.1 Å². The van der Waals surface area contributed by atoms with E-state index in [1.165, 1.54) is 0 Å². The normalized spacial score (nSPS) is 20.6. The molecule has 0 aromatic heterocycles. The maximum Gasteiger partial charge on any atom is 0.338 e. The molecule has 0 N–H and O–H groups in total. The van der Waals surface area contributed by atoms with Gasteiger partial charge in [-0.3, -0.25) is 4.79 Å². The minimum atomic E-state index is -1.05. The molecule has 6 nitrogen and oxygen atoms in total. The van der Waals surface area contributed by atoms with Crippen molar-refractivity contribution in [3.05, 3.63) is 71.8 Å². The second-order valence-electron chi connectivity index (χ2n) is 6.82. The molecule has 0 aliphatic carbocycles. The van der Waals surface area contributed by atoms with Crippen LogP contribution in [0, 0.1) is 5.41 Å². The Morgan fingerprint density at radius 3 is 2.00 bits per heavy atom. The summed E-state index contributed by atoms with van der Waals surface area (Å²) in [6.07, 6.45) is -1.74. The van der Waals surface area contributed by atoms with Gasteiger partial charge in [0.1, 0.15) is 12.0 Å². The lowest BCUT2D eigenvalue weighted by atomic mass is 9.86. The molecule has 2 aromatic rings. The van der Waals surface area contributed by atoms with Crippen molar-refractivity contribution in [3.8, 4) is 0 Å². The fraction of sp³-hybridized carbons (Fsp3) is 0.286. The van der Waals surface area contributed by atoms with E-state index in [-0.39, 0.29) is 6.61 Å². The third-order valence-corrected chi connectivity index (χ3v) is 4.47. The summed E-state index contributed by atoms with van der Waals surface area (Å²) in [6, 6.07) is 17.0. The summed E-state index contributed by atoms with van der Waals surface area (Å²) in [4.78, 5) is 36.7. The summed E-state index contributed by atoms with van der Waals surface area (Å²) in [7, 11) is 0. The summed E-state index contributed by atoms with van der Waals surface area (Å²) in [6.45, 7) is 3.07. The fourth-order valence-electron chi connectivity index (χ4n) is 2.85. The average molecular weight is 368 g/mol. The third-order valence-electron chi connectivity index (χ3n) is 4.47. The summed E-state index contributed by atoms with van der Waals surface area (Å²) in [5, 5.41) is 0. The van der Waals surface area contributed by atoms with E-state index in [0.717, 1.165) is 0 Å². The third kappa shape index (κ3) is 4.00. The quantitative estimate of drug-likeness (QED) is 0.596. The van der Waals surface area contributed by atoms with Crippen molar-refractivity contribution in [2.24, 2.45) is 5.41 Å². The summed E-state index contributed by atoms with van der Waals surface area (Å²) in [5.74, 6) is -1.61. The molecule has 0 saturated carbocycles. The monoisotopic (exact) mass is 368 g/mol. The lowest BCUT2D eigenvalue weighted by molar-refractivity contribution is -0.148. The van der Waals surface area contributed by atoms with E-state index >= 15 is 0 Å². The van der Waals surface area contributed by atoms with Gasteiger partial charge in [-0.1, -0.05) is 36.4 Å². The maximum absolute atomic E-state index is 12.4. The van der Waals surface area contributed by atoms with Gasteiger partial charge in [-0.25, -0.2) is 9.59 Å². The highest BCUT2D eigenvalue weighted by atomic mass is 16.6. The Balaban J connectivity index is 1.70. The van der Waals surface area contributed by atoms with Gasteiger partial charge >= 0.3 is 17.9 Å². The molecule has 2 atom stereocenters. The van der Waals surface area contributed by atoms with Crippen LogP contribution in [-0.2, 0) is 19.0 Å². The number of carbonyl (C=O) groups is 3. The van der Waals surface area contributed by atoms with Gasteiger partial charge in [-0.05, 0) is 38.1 Å². The number of ether oxygens (including phenoxy) is 3. The minimum absolute atomic E-state index is 0.199. The number of esters is 3. The van der Waals surface area contributed by atoms with Crippen LogP contribution in [0.3, 0.4) is 0 Å². The minimum Gasteiger partial charge on any atom is -0.458 e. The van der Waals surface area contributed by atoms with E-state index in [9.17, 15) is 14.4 Å². The first kappa shape index (κ1) is 18.6. The Hall–Kier alpha value is -3.15. The first-order chi connectivity index (χ1) is 12.9. The molecule has 0 unspecified atom stereocenters. The molecule has 27 heavy (non-hydrogen) atoms. The van der Waals surface area contributed by atoms with Crippen LogP contribution >= 0.6 is 0 Å². The van der Waals surface area contributed by atoms with E-state index in [1.54, 1.807) is 74.5 Å². The van der Waals surface area contributed by atoms with E-state index in [0.29, 0.717) is 11.1 Å². The van der Waals surface area contributed by atoms with E-state index in [2.05, 4.69) is 0 Å². The molecule has 2 aromatic carbocycles. The molecule has 1 heterocycles. The van der Waals surface area contributed by atoms with Gasteiger partial charge in [0.25, 0.3) is 0 Å². The summed E-state index contributed by atoms with van der Waals surface area (Å²) >= 11 is 0. The van der Waals surface area contributed by atoms with Crippen LogP contribution in [0.5, 0.6) is 0 Å². The molecule has 6 heteroatoms. The summed E-state index contributed by atoms with van der Waals surface area (Å²) in [5.41, 5.74) is -0.291. The molecule has 0 spiro atoms. The van der Waals surface area contributed by atoms with Crippen molar-refractivity contribution in [1.82, 2.24) is 0 Å². The molecule has 3 rings (SSSR count). The fourth-order valence-corrected chi connectivity index (χ4v) is 2.85. The predicted molar refractivity (Wildman–Crippen MR) is 96.0 cm³/mol. The van der Waals surface area contributed by atoms with Crippen LogP contribution in [-0.4, -0.2) is 36.7 Å². The van der Waals surface area contributed by atoms with Crippen molar-refractivity contribution in [1.29, 1.82) is 0 Å². The van der Waals surface area contributed by atoms with Crippen LogP contribution in [0.1, 0.15) is 34.6 Å². The summed E-state index contributed by atoms with van der Waals surface area (Å²) < 4.78 is 16.1. The highest BCUT2D eigenvalue weighted by Crippen LogP contribution is 2.36. The lowest BCUT2D eigenvalue weighted by Crippen LogP contribution is -2.40. The number of rotatable bonds is 5. The number of carbonyl (C=O) groups excluding carboxylic acids is 3. The van der Waals surface area contributed by atoms with Gasteiger partial charge in [0.2, 0.25) is 0 Å². The van der Waals surface area contributed by atoms with E-state index < -0.39 is 35.5 Å². The molecule has 0 amide bonds. The van der Waals surface area contributed by atoms with Crippen LogP contribution < -0.4 is 0 Å². The highest BCUT2D eigenvalue weighted by molar-refractivity contribution is 5.90. The highest BCUT2D eigenvalue weighted by Gasteiger charge is 2.54. The molecule has 1 aliphatic rings. The van der Waals surface area contributed by atoms with Crippen LogP contribution in [0.4, 0.5) is 0 Å². The second kappa shape index (κ2) is 7.61. The molecule has 1 saturated heterocycles. The number of benzene rings is 2. The van der Waals surface area contributed by atoms with Gasteiger partial charge < -0.3 is 14.2 Å². The molecule has 140 valence electrons. The SMILES string of the molecule is CC1(C)C(=O)O[C@H](COC(=O)c2ccccc2)[C@H]1OC(=O)c1ccccc1. The molecular formula is C21H20O6. The average Bonchev–Trinajstić information content (AvgIpc) is 2.90. The Kier molecular flexibility index (Phi) is 5.26. The number of cyclic esters (lactones) is 1. The Bertz CT molecular complexity index is 828. The first-order valence-electron chi connectivity index (χ1n) is 8.59. The molecule has 0 radical (unpaired) electrons. The first-order valence-corrected chi connectivity index (χ1v) is 8.59. The van der Waals surface area contributed by atoms with Crippen molar-refractivity contribution in [2.45, 2.75) is 26.1 Å². The number of hydrogen-bond donors (Lipinski definition) is 0. The maximum atomic E-state index is 12.4. The van der Waals surface area contributed by atoms with Gasteiger partial charge in [-0.2, -0.15) is 0 Å². The zero-order valence-corrected chi connectivity index (χ0v) is 15.1. The molecular weight excluding hydrogens is 348 g/mol. The van der Waals surface area contributed by atoms with Gasteiger partial charge in [0, 0.05) is 0 Å². The van der Waals surface area contributed by atoms with Crippen molar-refractivity contribution < 1.29 is 28.6 Å². The zero-order chi connectivity index (χ0) is 19.4. The number of hydrogen-bond acceptors (Lipinski definition) is 6. The molecule has 1 fully saturated rings. The van der Waals surface area contributed by atoms with E-state index in [1.807, 2.05) is 0 Å². The predicted octanol–water partition coefficient (Wildman–Crippen LogP) is 3.02. The van der Waals surface area contributed by atoms with Gasteiger partial charge in [0.15, 0.2) is 12.2 Å². The Labute approximate surface area is 157 Å². The largest absolute Gasteiger partial charge is 0.458 e. The van der Waals surface area contributed by atoms with Crippen molar-refractivity contribution in [3.63, 3.8) is 0 Å². The molecule has 0 bridgehead atoms.